The molecule has 2 aromatic carbocycles. The number of aromatic nitrogens is 3. The highest BCUT2D eigenvalue weighted by Crippen LogP contribution is 2.30. The number of ether oxygens (including phenoxy) is 1. The number of fused-ring (bicyclic) bond motifs is 1. The number of hydrogen-bond donors (Lipinski definition) is 0. The van der Waals surface area contributed by atoms with Crippen LogP contribution in [0.15, 0.2) is 60.8 Å². The molecule has 0 N–H and O–H groups in total. The summed E-state index contributed by atoms with van der Waals surface area (Å²) >= 11 is 0. The van der Waals surface area contributed by atoms with Gasteiger partial charge in [0, 0.05) is 24.2 Å². The molecule has 0 aliphatic carbocycles. The summed E-state index contributed by atoms with van der Waals surface area (Å²) in [7, 11) is 1.83. The van der Waals surface area contributed by atoms with Crippen LogP contribution >= 0.6 is 0 Å². The van der Waals surface area contributed by atoms with Gasteiger partial charge in [0.25, 0.3) is 0 Å². The predicted molar refractivity (Wildman–Crippen MR) is 122 cm³/mol. The van der Waals surface area contributed by atoms with Crippen LogP contribution in [-0.4, -0.2) is 26.9 Å². The van der Waals surface area contributed by atoms with Crippen LogP contribution in [0.2, 0.25) is 0 Å². The normalized spacial score (nSPS) is 10.9. The summed E-state index contributed by atoms with van der Waals surface area (Å²) < 4.78 is 7.36. The van der Waals surface area contributed by atoms with E-state index in [1.807, 2.05) is 43.6 Å². The first-order valence-electron chi connectivity index (χ1n) is 10.1. The molecule has 4 rings (SSSR count). The summed E-state index contributed by atoms with van der Waals surface area (Å²) in [6.45, 7) is 4.48. The molecule has 0 aliphatic heterocycles. The molecule has 0 saturated carbocycles. The molecule has 2 heterocycles. The Kier molecular flexibility index (Phi) is 5.55. The molecule has 0 spiro atoms. The fraction of sp³-hybridized carbons (Fsp3) is 0.192. The first kappa shape index (κ1) is 20.4. The van der Waals surface area contributed by atoms with Crippen LogP contribution in [0.25, 0.3) is 22.2 Å². The molecule has 0 bridgehead atoms. The molecule has 0 saturated heterocycles. The molecule has 0 radical (unpaired) electrons. The second-order valence-corrected chi connectivity index (χ2v) is 7.68. The molecule has 31 heavy (non-hydrogen) atoms. The van der Waals surface area contributed by atoms with Crippen molar-refractivity contribution >= 4 is 16.7 Å². The highest BCUT2D eigenvalue weighted by atomic mass is 16.5. The minimum absolute atomic E-state index is 0.162. The SMILES string of the molecule is C#CCOc1ccc2nc(C(=O)c3cccn3C)nc(-c3ccc(C(C)C)cc3)c2c1. The van der Waals surface area contributed by atoms with Crippen molar-refractivity contribution < 1.29 is 9.53 Å². The molecule has 154 valence electrons. The fourth-order valence-corrected chi connectivity index (χ4v) is 3.48. The number of hydrogen-bond acceptors (Lipinski definition) is 4. The van der Waals surface area contributed by atoms with Crippen molar-refractivity contribution in [1.29, 1.82) is 0 Å². The third-order valence-electron chi connectivity index (χ3n) is 5.22. The van der Waals surface area contributed by atoms with Crippen molar-refractivity contribution in [2.75, 3.05) is 6.61 Å². The summed E-state index contributed by atoms with van der Waals surface area (Å²) in [6, 6.07) is 17.3. The van der Waals surface area contributed by atoms with E-state index in [0.29, 0.717) is 28.6 Å². The van der Waals surface area contributed by atoms with E-state index in [-0.39, 0.29) is 18.2 Å². The van der Waals surface area contributed by atoms with Crippen LogP contribution < -0.4 is 4.74 Å². The van der Waals surface area contributed by atoms with Gasteiger partial charge in [-0.1, -0.05) is 44.0 Å². The predicted octanol–water partition coefficient (Wildman–Crippen LogP) is 5.00. The van der Waals surface area contributed by atoms with E-state index in [1.165, 1.54) is 5.56 Å². The molecular formula is C26H23N3O2. The Morgan fingerprint density at radius 2 is 1.90 bits per heavy atom. The average Bonchev–Trinajstić information content (AvgIpc) is 3.22. The standard InChI is InChI=1S/C26H23N3O2/c1-5-15-31-20-12-13-22-21(16-20)24(19-10-8-18(9-11-19)17(2)3)28-26(27-22)25(30)23-7-6-14-29(23)4/h1,6-14,16-17H,15H2,2-4H3. The zero-order valence-electron chi connectivity index (χ0n) is 17.8. The van der Waals surface area contributed by atoms with Gasteiger partial charge >= 0.3 is 0 Å². The van der Waals surface area contributed by atoms with Crippen molar-refractivity contribution in [3.8, 4) is 29.4 Å². The van der Waals surface area contributed by atoms with Crippen molar-refractivity contribution in [2.24, 2.45) is 7.05 Å². The Balaban J connectivity index is 1.89. The second kappa shape index (κ2) is 8.45. The van der Waals surface area contributed by atoms with Crippen molar-refractivity contribution in [3.05, 3.63) is 77.9 Å². The Labute approximate surface area is 181 Å². The maximum Gasteiger partial charge on any atom is 0.246 e. The molecule has 0 fully saturated rings. The first-order valence-corrected chi connectivity index (χ1v) is 10.1. The van der Waals surface area contributed by atoms with E-state index in [4.69, 9.17) is 16.1 Å². The summed E-state index contributed by atoms with van der Waals surface area (Å²) in [5.74, 6) is 3.47. The lowest BCUT2D eigenvalue weighted by Gasteiger charge is -2.12. The van der Waals surface area contributed by atoms with E-state index < -0.39 is 0 Å². The number of carbonyl (C=O) groups is 1. The quantitative estimate of drug-likeness (QED) is 0.332. The smallest absolute Gasteiger partial charge is 0.246 e. The lowest BCUT2D eigenvalue weighted by atomic mass is 9.99. The largest absolute Gasteiger partial charge is 0.481 e. The molecule has 4 aromatic rings. The Morgan fingerprint density at radius 3 is 2.55 bits per heavy atom. The van der Waals surface area contributed by atoms with Crippen LogP contribution in [0.5, 0.6) is 5.75 Å². The molecule has 0 aliphatic rings. The minimum Gasteiger partial charge on any atom is -0.481 e. The number of rotatable bonds is 6. The van der Waals surface area contributed by atoms with Gasteiger partial charge in [0.05, 0.1) is 16.9 Å². The minimum atomic E-state index is -0.220. The second-order valence-electron chi connectivity index (χ2n) is 7.68. The van der Waals surface area contributed by atoms with Crippen LogP contribution in [0.3, 0.4) is 0 Å². The summed E-state index contributed by atoms with van der Waals surface area (Å²) in [4.78, 5) is 22.4. The van der Waals surface area contributed by atoms with E-state index in [0.717, 1.165) is 10.9 Å². The van der Waals surface area contributed by atoms with E-state index in [2.05, 4.69) is 36.9 Å². The Hall–Kier alpha value is -3.91. The van der Waals surface area contributed by atoms with Crippen molar-refractivity contribution in [3.63, 3.8) is 0 Å². The molecule has 5 heteroatoms. The van der Waals surface area contributed by atoms with Gasteiger partial charge in [0.1, 0.15) is 12.4 Å². The number of aryl methyl sites for hydroxylation is 1. The van der Waals surface area contributed by atoms with Gasteiger partial charge in [0.15, 0.2) is 0 Å². The third kappa shape index (κ3) is 4.06. The monoisotopic (exact) mass is 409 g/mol. The van der Waals surface area contributed by atoms with Gasteiger partial charge in [-0.3, -0.25) is 4.79 Å². The molecule has 0 unspecified atom stereocenters. The summed E-state index contributed by atoms with van der Waals surface area (Å²) in [6.07, 6.45) is 7.15. The number of nitrogens with zero attached hydrogens (tertiary/aromatic N) is 3. The summed E-state index contributed by atoms with van der Waals surface area (Å²) in [5, 5.41) is 0.801. The lowest BCUT2D eigenvalue weighted by molar-refractivity contribution is 0.102. The lowest BCUT2D eigenvalue weighted by Crippen LogP contribution is -2.12. The third-order valence-corrected chi connectivity index (χ3v) is 5.22. The van der Waals surface area contributed by atoms with Gasteiger partial charge in [-0.25, -0.2) is 9.97 Å². The number of terminal acetylenes is 1. The topological polar surface area (TPSA) is 57.0 Å². The highest BCUT2D eigenvalue weighted by molar-refractivity contribution is 6.07. The number of benzene rings is 2. The fourth-order valence-electron chi connectivity index (χ4n) is 3.48. The van der Waals surface area contributed by atoms with Gasteiger partial charge in [-0.2, -0.15) is 0 Å². The zero-order valence-corrected chi connectivity index (χ0v) is 17.8. The van der Waals surface area contributed by atoms with Crippen LogP contribution in [0, 0.1) is 12.3 Å². The van der Waals surface area contributed by atoms with Gasteiger partial charge in [-0.15, -0.1) is 6.42 Å². The average molecular weight is 409 g/mol. The first-order chi connectivity index (χ1) is 15.0. The Morgan fingerprint density at radius 1 is 1.13 bits per heavy atom. The maximum atomic E-state index is 13.1. The van der Waals surface area contributed by atoms with Gasteiger partial charge in [0.2, 0.25) is 11.6 Å². The zero-order chi connectivity index (χ0) is 22.0. The van der Waals surface area contributed by atoms with Crippen LogP contribution in [0.1, 0.15) is 41.6 Å². The maximum absolute atomic E-state index is 13.1. The van der Waals surface area contributed by atoms with Gasteiger partial charge < -0.3 is 9.30 Å². The molecular weight excluding hydrogens is 386 g/mol. The van der Waals surface area contributed by atoms with Gasteiger partial charge in [-0.05, 0) is 41.8 Å². The number of carbonyl (C=O) groups excluding carboxylic acids is 1. The summed E-state index contributed by atoms with van der Waals surface area (Å²) in [5.41, 5.74) is 4.04. The van der Waals surface area contributed by atoms with E-state index in [9.17, 15) is 4.79 Å². The van der Waals surface area contributed by atoms with Crippen LogP contribution in [0.4, 0.5) is 0 Å². The van der Waals surface area contributed by atoms with E-state index in [1.54, 1.807) is 16.7 Å². The van der Waals surface area contributed by atoms with Crippen LogP contribution in [-0.2, 0) is 7.05 Å². The van der Waals surface area contributed by atoms with E-state index >= 15 is 0 Å². The number of ketones is 1. The van der Waals surface area contributed by atoms with Crippen molar-refractivity contribution in [1.82, 2.24) is 14.5 Å². The van der Waals surface area contributed by atoms with Crippen molar-refractivity contribution in [2.45, 2.75) is 19.8 Å². The molecule has 0 amide bonds. The highest BCUT2D eigenvalue weighted by Gasteiger charge is 2.19. The molecule has 0 atom stereocenters. The molecule has 5 nitrogen and oxygen atoms in total. The molecule has 2 aromatic heterocycles. The Bertz CT molecular complexity index is 1290.